The van der Waals surface area contributed by atoms with Gasteiger partial charge in [-0.15, -0.1) is 0 Å². The van der Waals surface area contributed by atoms with E-state index in [2.05, 4.69) is 17.1 Å². The number of nitrogens with zero attached hydrogens (tertiary/aromatic N) is 2. The highest BCUT2D eigenvalue weighted by molar-refractivity contribution is 5.78. The van der Waals surface area contributed by atoms with Gasteiger partial charge in [-0.25, -0.2) is 0 Å². The van der Waals surface area contributed by atoms with Gasteiger partial charge in [0, 0.05) is 31.6 Å². The Bertz CT molecular complexity index is 436. The van der Waals surface area contributed by atoms with Crippen LogP contribution in [0.3, 0.4) is 0 Å². The summed E-state index contributed by atoms with van der Waals surface area (Å²) in [5.74, 6) is 1.03. The number of hydrogen-bond acceptors (Lipinski definition) is 3. The van der Waals surface area contributed by atoms with Crippen LogP contribution in [0.4, 0.5) is 0 Å². The van der Waals surface area contributed by atoms with Crippen LogP contribution in [-0.2, 0) is 9.59 Å². The molecule has 3 atom stereocenters. The first-order valence-corrected chi connectivity index (χ1v) is 8.87. The van der Waals surface area contributed by atoms with E-state index >= 15 is 0 Å². The van der Waals surface area contributed by atoms with Gasteiger partial charge in [-0.3, -0.25) is 14.5 Å². The summed E-state index contributed by atoms with van der Waals surface area (Å²) >= 11 is 0. The van der Waals surface area contributed by atoms with Crippen LogP contribution in [0.25, 0.3) is 0 Å². The molecule has 1 saturated carbocycles. The van der Waals surface area contributed by atoms with Crippen molar-refractivity contribution in [2.24, 2.45) is 5.92 Å². The fourth-order valence-corrected chi connectivity index (χ4v) is 4.27. The van der Waals surface area contributed by atoms with Gasteiger partial charge >= 0.3 is 0 Å². The smallest absolute Gasteiger partial charge is 0.234 e. The molecule has 22 heavy (non-hydrogen) atoms. The zero-order chi connectivity index (χ0) is 15.7. The Balaban J connectivity index is 1.55. The van der Waals surface area contributed by atoms with Gasteiger partial charge in [0.05, 0.1) is 6.54 Å². The molecule has 2 heterocycles. The first-order chi connectivity index (χ1) is 10.6. The van der Waals surface area contributed by atoms with Crippen LogP contribution in [0.5, 0.6) is 0 Å². The molecule has 5 nitrogen and oxygen atoms in total. The summed E-state index contributed by atoms with van der Waals surface area (Å²) in [4.78, 5) is 28.4. The molecule has 3 rings (SSSR count). The van der Waals surface area contributed by atoms with E-state index in [9.17, 15) is 9.59 Å². The summed E-state index contributed by atoms with van der Waals surface area (Å²) < 4.78 is 0. The van der Waals surface area contributed by atoms with E-state index < -0.39 is 0 Å². The molecule has 5 heteroatoms. The van der Waals surface area contributed by atoms with E-state index in [-0.39, 0.29) is 11.8 Å². The van der Waals surface area contributed by atoms with Crippen LogP contribution in [-0.4, -0.2) is 59.4 Å². The second-order valence-electron chi connectivity index (χ2n) is 7.30. The second-order valence-corrected chi connectivity index (χ2v) is 7.30. The molecule has 0 unspecified atom stereocenters. The highest BCUT2D eigenvalue weighted by Crippen LogP contribution is 2.32. The Labute approximate surface area is 133 Å². The summed E-state index contributed by atoms with van der Waals surface area (Å²) in [5, 5.41) is 3.15. The summed E-state index contributed by atoms with van der Waals surface area (Å²) in [6, 6.07) is 0.996. The normalized spacial score (nSPS) is 30.5. The Hall–Kier alpha value is -1.10. The third-order valence-corrected chi connectivity index (χ3v) is 5.63. The minimum atomic E-state index is 0.152. The predicted molar refractivity (Wildman–Crippen MR) is 85.3 cm³/mol. The number of carbonyl (C=O) groups is 2. The maximum Gasteiger partial charge on any atom is 0.234 e. The minimum absolute atomic E-state index is 0.152. The van der Waals surface area contributed by atoms with E-state index in [0.717, 1.165) is 38.8 Å². The van der Waals surface area contributed by atoms with Crippen LogP contribution in [0, 0.1) is 5.92 Å². The molecule has 0 aromatic carbocycles. The van der Waals surface area contributed by atoms with Crippen molar-refractivity contribution < 1.29 is 9.59 Å². The summed E-state index contributed by atoms with van der Waals surface area (Å²) in [5.41, 5.74) is 0. The van der Waals surface area contributed by atoms with Crippen molar-refractivity contribution in [1.82, 2.24) is 15.1 Å². The highest BCUT2D eigenvalue weighted by Gasteiger charge is 2.39. The molecule has 0 bridgehead atoms. The van der Waals surface area contributed by atoms with E-state index in [1.165, 1.54) is 12.8 Å². The number of nitrogens with one attached hydrogen (secondary N) is 1. The predicted octanol–water partition coefficient (Wildman–Crippen LogP) is 1.38. The topological polar surface area (TPSA) is 52.7 Å². The number of hydrogen-bond donors (Lipinski definition) is 1. The Morgan fingerprint density at radius 2 is 1.77 bits per heavy atom. The van der Waals surface area contributed by atoms with Crippen molar-refractivity contribution in [1.29, 1.82) is 0 Å². The second kappa shape index (κ2) is 6.57. The fraction of sp³-hybridized carbons (Fsp3) is 0.882. The highest BCUT2D eigenvalue weighted by atomic mass is 16.2. The van der Waals surface area contributed by atoms with Crippen molar-refractivity contribution in [3.8, 4) is 0 Å². The first kappa shape index (κ1) is 15.8. The van der Waals surface area contributed by atoms with Crippen molar-refractivity contribution in [3.05, 3.63) is 0 Å². The van der Waals surface area contributed by atoms with Crippen molar-refractivity contribution in [2.45, 2.75) is 70.5 Å². The van der Waals surface area contributed by atoms with Crippen LogP contribution in [0.15, 0.2) is 0 Å². The molecule has 124 valence electrons. The molecule has 0 spiro atoms. The van der Waals surface area contributed by atoms with Gasteiger partial charge in [0.15, 0.2) is 0 Å². The van der Waals surface area contributed by atoms with Gasteiger partial charge in [-0.1, -0.05) is 0 Å². The summed E-state index contributed by atoms with van der Waals surface area (Å²) in [7, 11) is 0. The lowest BCUT2D eigenvalue weighted by Crippen LogP contribution is -2.50. The van der Waals surface area contributed by atoms with Gasteiger partial charge in [0.2, 0.25) is 11.8 Å². The monoisotopic (exact) mass is 307 g/mol. The maximum absolute atomic E-state index is 12.3. The van der Waals surface area contributed by atoms with Gasteiger partial charge < -0.3 is 10.2 Å². The van der Waals surface area contributed by atoms with Crippen molar-refractivity contribution >= 4 is 11.8 Å². The van der Waals surface area contributed by atoms with Crippen LogP contribution in [0.2, 0.25) is 0 Å². The lowest BCUT2D eigenvalue weighted by atomic mass is 10.0. The molecule has 3 fully saturated rings. The van der Waals surface area contributed by atoms with E-state index in [0.29, 0.717) is 30.6 Å². The quantitative estimate of drug-likeness (QED) is 0.835. The van der Waals surface area contributed by atoms with E-state index in [1.54, 1.807) is 6.92 Å². The molecule has 2 saturated heterocycles. The van der Waals surface area contributed by atoms with Crippen LogP contribution in [0.1, 0.15) is 52.4 Å². The third-order valence-electron chi connectivity index (χ3n) is 5.63. The largest absolute Gasteiger partial charge is 0.352 e. The fourth-order valence-electron chi connectivity index (χ4n) is 4.27. The lowest BCUT2D eigenvalue weighted by Gasteiger charge is -2.34. The van der Waals surface area contributed by atoms with Crippen LogP contribution >= 0.6 is 0 Å². The Morgan fingerprint density at radius 3 is 2.45 bits per heavy atom. The number of carbonyl (C=O) groups excluding carboxylic acids is 2. The molecule has 2 aliphatic heterocycles. The Morgan fingerprint density at radius 1 is 1.09 bits per heavy atom. The SMILES string of the molecule is CC(=O)N1CCC[C@@H]1[C@H]1CCCN1CC(=O)N[C@H](C)C1CC1. The van der Waals surface area contributed by atoms with E-state index in [1.807, 2.05) is 4.90 Å². The molecular formula is C17H29N3O2. The van der Waals surface area contributed by atoms with Crippen molar-refractivity contribution in [2.75, 3.05) is 19.6 Å². The zero-order valence-corrected chi connectivity index (χ0v) is 13.9. The standard InChI is InChI=1S/C17H29N3O2/c1-12(14-7-8-14)18-17(22)11-19-9-3-5-15(19)16-6-4-10-20(16)13(2)21/h12,14-16H,3-11H2,1-2H3,(H,18,22)/t12-,15-,16-/m1/s1. The van der Waals surface area contributed by atoms with Gasteiger partial charge in [0.25, 0.3) is 0 Å². The molecule has 0 aromatic heterocycles. The lowest BCUT2D eigenvalue weighted by molar-refractivity contribution is -0.130. The van der Waals surface area contributed by atoms with E-state index in [4.69, 9.17) is 0 Å². The summed E-state index contributed by atoms with van der Waals surface area (Å²) in [6.45, 7) is 6.14. The molecule has 0 aromatic rings. The molecule has 1 N–H and O–H groups in total. The van der Waals surface area contributed by atoms with Gasteiger partial charge in [-0.05, 0) is 57.9 Å². The number of amides is 2. The molecule has 3 aliphatic rings. The first-order valence-electron chi connectivity index (χ1n) is 8.87. The molecule has 1 aliphatic carbocycles. The average molecular weight is 307 g/mol. The zero-order valence-electron chi connectivity index (χ0n) is 13.9. The summed E-state index contributed by atoms with van der Waals surface area (Å²) in [6.07, 6.45) is 6.94. The molecular weight excluding hydrogens is 278 g/mol. The third kappa shape index (κ3) is 3.45. The number of rotatable bonds is 5. The Kier molecular flexibility index (Phi) is 4.71. The van der Waals surface area contributed by atoms with Gasteiger partial charge in [0.1, 0.15) is 0 Å². The van der Waals surface area contributed by atoms with Crippen LogP contribution < -0.4 is 5.32 Å². The molecule has 0 radical (unpaired) electrons. The minimum Gasteiger partial charge on any atom is -0.352 e. The number of likely N-dealkylation sites (tertiary alicyclic amines) is 2. The van der Waals surface area contributed by atoms with Gasteiger partial charge in [-0.2, -0.15) is 0 Å². The van der Waals surface area contributed by atoms with Crippen molar-refractivity contribution in [3.63, 3.8) is 0 Å². The maximum atomic E-state index is 12.3. The average Bonchev–Trinajstić information content (AvgIpc) is 3.03. The molecule has 2 amide bonds.